The van der Waals surface area contributed by atoms with E-state index < -0.39 is 0 Å². The minimum Gasteiger partial charge on any atom is -0.329 e. The number of benzene rings is 1. The third kappa shape index (κ3) is 2.84. The fourth-order valence-electron chi connectivity index (χ4n) is 1.88. The van der Waals surface area contributed by atoms with Crippen molar-refractivity contribution in [3.05, 3.63) is 42.5 Å². The molecule has 2 heterocycles. The lowest BCUT2D eigenvalue weighted by Crippen LogP contribution is -2.13. The molecule has 3 aromatic rings. The van der Waals surface area contributed by atoms with E-state index in [1.54, 1.807) is 36.8 Å². The number of hydrogen-bond acceptors (Lipinski definition) is 6. The maximum absolute atomic E-state index is 12.1. The van der Waals surface area contributed by atoms with Crippen molar-refractivity contribution in [1.29, 1.82) is 0 Å². The molecule has 8 heteroatoms. The van der Waals surface area contributed by atoms with Crippen LogP contribution in [0.5, 0.6) is 0 Å². The molecule has 3 rings (SSSR count). The summed E-state index contributed by atoms with van der Waals surface area (Å²) in [6.07, 6.45) is 4.78. The highest BCUT2D eigenvalue weighted by Crippen LogP contribution is 2.15. The van der Waals surface area contributed by atoms with Crippen LogP contribution in [0.1, 0.15) is 10.5 Å². The van der Waals surface area contributed by atoms with Crippen LogP contribution >= 0.6 is 0 Å². The van der Waals surface area contributed by atoms with Gasteiger partial charge in [-0.05, 0) is 18.2 Å². The van der Waals surface area contributed by atoms with Crippen molar-refractivity contribution in [2.24, 2.45) is 5.73 Å². The first-order valence-corrected chi connectivity index (χ1v) is 6.38. The summed E-state index contributed by atoms with van der Waals surface area (Å²) in [6.45, 7) is 0.958. The second-order valence-electron chi connectivity index (χ2n) is 4.37. The van der Waals surface area contributed by atoms with Gasteiger partial charge in [0.05, 0.1) is 23.8 Å². The average Bonchev–Trinajstić information content (AvgIpc) is 2.96. The number of nitrogens with one attached hydrogen (secondary N) is 1. The third-order valence-electron chi connectivity index (χ3n) is 2.86. The molecule has 0 saturated heterocycles. The van der Waals surface area contributed by atoms with Gasteiger partial charge in [-0.1, -0.05) is 5.21 Å². The Balaban J connectivity index is 1.78. The van der Waals surface area contributed by atoms with Gasteiger partial charge in [-0.15, -0.1) is 5.10 Å². The summed E-state index contributed by atoms with van der Waals surface area (Å²) >= 11 is 0. The molecule has 0 bridgehead atoms. The Morgan fingerprint density at radius 2 is 2.05 bits per heavy atom. The molecule has 1 amide bonds. The highest BCUT2D eigenvalue weighted by Gasteiger charge is 2.11. The van der Waals surface area contributed by atoms with Crippen molar-refractivity contribution in [2.75, 3.05) is 11.9 Å². The zero-order valence-electron chi connectivity index (χ0n) is 11.1. The highest BCUT2D eigenvalue weighted by atomic mass is 16.2. The van der Waals surface area contributed by atoms with Crippen LogP contribution in [0.2, 0.25) is 0 Å². The van der Waals surface area contributed by atoms with E-state index in [2.05, 4.69) is 25.6 Å². The molecule has 0 aliphatic rings. The fraction of sp³-hybridized carbons (Fsp3) is 0.154. The number of aromatic nitrogens is 5. The Bertz CT molecular complexity index is 783. The van der Waals surface area contributed by atoms with Crippen LogP contribution in [0.4, 0.5) is 5.69 Å². The Kier molecular flexibility index (Phi) is 3.52. The molecule has 0 unspecified atom stereocenters. The van der Waals surface area contributed by atoms with E-state index in [0.29, 0.717) is 24.3 Å². The molecule has 3 N–H and O–H groups in total. The number of rotatable bonds is 4. The standard InChI is InChI=1S/C13H13N7O/c14-3-6-20-8-12(18-19-20)13(21)17-9-1-2-10-11(7-9)16-5-4-15-10/h1-2,4-5,7-8H,3,6,14H2,(H,17,21). The normalized spacial score (nSPS) is 10.7. The first-order chi connectivity index (χ1) is 10.3. The molecule has 0 atom stereocenters. The Hall–Kier alpha value is -2.87. The first kappa shape index (κ1) is 13.1. The molecular formula is C13H13N7O. The number of hydrogen-bond donors (Lipinski definition) is 2. The van der Waals surface area contributed by atoms with Gasteiger partial charge in [-0.25, -0.2) is 0 Å². The maximum Gasteiger partial charge on any atom is 0.277 e. The molecule has 21 heavy (non-hydrogen) atoms. The number of carbonyl (C=O) groups is 1. The van der Waals surface area contributed by atoms with E-state index in [1.807, 2.05) is 0 Å². The van der Waals surface area contributed by atoms with Crippen LogP contribution in [0.25, 0.3) is 11.0 Å². The predicted octanol–water partition coefficient (Wildman–Crippen LogP) is 0.432. The first-order valence-electron chi connectivity index (χ1n) is 6.38. The van der Waals surface area contributed by atoms with Crippen molar-refractivity contribution in [1.82, 2.24) is 25.0 Å². The minimum absolute atomic E-state index is 0.239. The van der Waals surface area contributed by atoms with Crippen molar-refractivity contribution >= 4 is 22.6 Å². The minimum atomic E-state index is -0.332. The second-order valence-corrected chi connectivity index (χ2v) is 4.37. The topological polar surface area (TPSA) is 112 Å². The van der Waals surface area contributed by atoms with Crippen LogP contribution in [0.3, 0.4) is 0 Å². The lowest BCUT2D eigenvalue weighted by atomic mass is 10.2. The molecule has 0 spiro atoms. The number of carbonyl (C=O) groups excluding carboxylic acids is 1. The maximum atomic E-state index is 12.1. The lowest BCUT2D eigenvalue weighted by Gasteiger charge is -2.03. The largest absolute Gasteiger partial charge is 0.329 e. The zero-order chi connectivity index (χ0) is 14.7. The molecule has 2 aromatic heterocycles. The summed E-state index contributed by atoms with van der Waals surface area (Å²) in [5.41, 5.74) is 7.76. The van der Waals surface area contributed by atoms with Crippen molar-refractivity contribution in [3.8, 4) is 0 Å². The van der Waals surface area contributed by atoms with Gasteiger partial charge in [0.25, 0.3) is 5.91 Å². The summed E-state index contributed by atoms with van der Waals surface area (Å²) in [5.74, 6) is -0.332. The van der Waals surface area contributed by atoms with Gasteiger partial charge in [0.15, 0.2) is 5.69 Å². The summed E-state index contributed by atoms with van der Waals surface area (Å²) in [5, 5.41) is 10.4. The Morgan fingerprint density at radius 3 is 2.86 bits per heavy atom. The predicted molar refractivity (Wildman–Crippen MR) is 76.6 cm³/mol. The number of anilines is 1. The van der Waals surface area contributed by atoms with E-state index in [1.165, 1.54) is 4.68 Å². The van der Waals surface area contributed by atoms with Gasteiger partial charge in [0, 0.05) is 24.6 Å². The molecule has 0 aliphatic heterocycles. The monoisotopic (exact) mass is 283 g/mol. The Labute approximate surface area is 120 Å². The molecule has 0 radical (unpaired) electrons. The SMILES string of the molecule is NCCn1cc(C(=O)Nc2ccc3nccnc3c2)nn1. The van der Waals surface area contributed by atoms with E-state index >= 15 is 0 Å². The highest BCUT2D eigenvalue weighted by molar-refractivity contribution is 6.03. The van der Waals surface area contributed by atoms with Crippen molar-refractivity contribution in [2.45, 2.75) is 6.54 Å². The number of amides is 1. The van der Waals surface area contributed by atoms with Crippen LogP contribution in [0.15, 0.2) is 36.8 Å². The molecule has 1 aromatic carbocycles. The van der Waals surface area contributed by atoms with Crippen molar-refractivity contribution < 1.29 is 4.79 Å². The number of fused-ring (bicyclic) bond motifs is 1. The molecule has 106 valence electrons. The zero-order valence-corrected chi connectivity index (χ0v) is 11.1. The molecule has 0 fully saturated rings. The third-order valence-corrected chi connectivity index (χ3v) is 2.86. The second kappa shape index (κ2) is 5.63. The van der Waals surface area contributed by atoms with Crippen LogP contribution in [-0.2, 0) is 6.54 Å². The Morgan fingerprint density at radius 1 is 1.24 bits per heavy atom. The quantitative estimate of drug-likeness (QED) is 0.718. The van der Waals surface area contributed by atoms with Gasteiger partial charge in [0.1, 0.15) is 0 Å². The summed E-state index contributed by atoms with van der Waals surface area (Å²) in [7, 11) is 0. The molecule has 8 nitrogen and oxygen atoms in total. The average molecular weight is 283 g/mol. The summed E-state index contributed by atoms with van der Waals surface area (Å²) in [4.78, 5) is 20.4. The van der Waals surface area contributed by atoms with Crippen LogP contribution < -0.4 is 11.1 Å². The fourth-order valence-corrected chi connectivity index (χ4v) is 1.88. The smallest absolute Gasteiger partial charge is 0.277 e. The van der Waals surface area contributed by atoms with E-state index in [-0.39, 0.29) is 11.6 Å². The summed E-state index contributed by atoms with van der Waals surface area (Å²) < 4.78 is 1.53. The lowest BCUT2D eigenvalue weighted by molar-refractivity contribution is 0.102. The van der Waals surface area contributed by atoms with Gasteiger partial charge in [-0.2, -0.15) is 0 Å². The van der Waals surface area contributed by atoms with Gasteiger partial charge >= 0.3 is 0 Å². The van der Waals surface area contributed by atoms with E-state index in [9.17, 15) is 4.79 Å². The van der Waals surface area contributed by atoms with Crippen LogP contribution in [0, 0.1) is 0 Å². The number of nitrogens with two attached hydrogens (primary N) is 1. The van der Waals surface area contributed by atoms with E-state index in [0.717, 1.165) is 5.52 Å². The van der Waals surface area contributed by atoms with Crippen LogP contribution in [-0.4, -0.2) is 37.4 Å². The number of nitrogens with zero attached hydrogens (tertiary/aromatic N) is 5. The van der Waals surface area contributed by atoms with Gasteiger partial charge in [-0.3, -0.25) is 19.4 Å². The summed E-state index contributed by atoms with van der Waals surface area (Å²) in [6, 6.07) is 5.31. The van der Waals surface area contributed by atoms with Gasteiger partial charge < -0.3 is 11.1 Å². The van der Waals surface area contributed by atoms with Gasteiger partial charge in [0.2, 0.25) is 0 Å². The molecular weight excluding hydrogens is 270 g/mol. The molecule has 0 saturated carbocycles. The van der Waals surface area contributed by atoms with Crippen molar-refractivity contribution in [3.63, 3.8) is 0 Å². The van der Waals surface area contributed by atoms with E-state index in [4.69, 9.17) is 5.73 Å². The molecule has 0 aliphatic carbocycles.